The van der Waals surface area contributed by atoms with Crippen molar-refractivity contribution < 1.29 is 20.4 Å². The third-order valence-corrected chi connectivity index (χ3v) is 5.33. The molecule has 6 N–H and O–H groups in total. The second-order valence-corrected chi connectivity index (χ2v) is 8.09. The molecule has 180 valence electrons. The van der Waals surface area contributed by atoms with Crippen molar-refractivity contribution in [2.24, 2.45) is 16.1 Å². The van der Waals surface area contributed by atoms with E-state index in [-0.39, 0.29) is 23.0 Å². The van der Waals surface area contributed by atoms with Gasteiger partial charge in [-0.25, -0.2) is 9.97 Å². The molecule has 34 heavy (non-hydrogen) atoms. The lowest BCUT2D eigenvalue weighted by molar-refractivity contribution is 0.336. The Balaban J connectivity index is 1.71. The van der Waals surface area contributed by atoms with Gasteiger partial charge < -0.3 is 20.4 Å². The molecule has 1 aromatic heterocycles. The third kappa shape index (κ3) is 6.96. The monoisotopic (exact) mass is 466 g/mol. The van der Waals surface area contributed by atoms with Crippen molar-refractivity contribution in [1.82, 2.24) is 9.97 Å². The number of hydrogen-bond acceptors (Lipinski definition) is 10. The van der Waals surface area contributed by atoms with Crippen molar-refractivity contribution in [2.75, 3.05) is 10.9 Å². The zero-order valence-corrected chi connectivity index (χ0v) is 19.2. The molecule has 0 radical (unpaired) electrons. The molecule has 1 aliphatic rings. The predicted octanol–water partition coefficient (Wildman–Crippen LogP) is 4.89. The normalized spacial score (nSPS) is 16.1. The van der Waals surface area contributed by atoms with E-state index in [1.165, 1.54) is 31.8 Å². The fraction of sp³-hybridized carbons (Fsp3) is 0.333. The summed E-state index contributed by atoms with van der Waals surface area (Å²) in [6, 6.07) is 6.15. The molecule has 0 unspecified atom stereocenters. The van der Waals surface area contributed by atoms with Crippen LogP contribution in [-0.2, 0) is 0 Å². The zero-order valence-electron chi connectivity index (χ0n) is 19.2. The SMILES string of the molecule is C\C(O)=C(O)/C(=C\C1CCCCC1)/C=N/Nc1cc(N/N=C/c2cccc(O)c2O)nc(C)n1. The van der Waals surface area contributed by atoms with Gasteiger partial charge in [0.15, 0.2) is 28.9 Å². The van der Waals surface area contributed by atoms with Gasteiger partial charge in [0, 0.05) is 17.2 Å². The summed E-state index contributed by atoms with van der Waals surface area (Å²) in [6.07, 6.45) is 10.4. The summed E-state index contributed by atoms with van der Waals surface area (Å²) >= 11 is 0. The first-order chi connectivity index (χ1) is 16.3. The maximum Gasteiger partial charge on any atom is 0.166 e. The highest BCUT2D eigenvalue weighted by Gasteiger charge is 2.14. The number of aliphatic hydroxyl groups is 2. The van der Waals surface area contributed by atoms with Crippen LogP contribution in [0.3, 0.4) is 0 Å². The Morgan fingerprint density at radius 1 is 1.03 bits per heavy atom. The number of allylic oxidation sites excluding steroid dienone is 3. The first-order valence-corrected chi connectivity index (χ1v) is 11.1. The number of aromatic nitrogens is 2. The molecule has 0 bridgehead atoms. The summed E-state index contributed by atoms with van der Waals surface area (Å²) in [6.45, 7) is 3.14. The lowest BCUT2D eigenvalue weighted by atomic mass is 9.87. The number of phenols is 2. The molecule has 1 fully saturated rings. The van der Waals surface area contributed by atoms with Crippen LogP contribution in [0.15, 0.2) is 57.6 Å². The summed E-state index contributed by atoms with van der Waals surface area (Å²) in [7, 11) is 0. The Hall–Kier alpha value is -4.08. The van der Waals surface area contributed by atoms with Crippen molar-refractivity contribution in [3.63, 3.8) is 0 Å². The Bertz CT molecular complexity index is 1120. The maximum atomic E-state index is 10.3. The highest BCUT2D eigenvalue weighted by atomic mass is 16.3. The highest BCUT2D eigenvalue weighted by molar-refractivity contribution is 5.85. The molecule has 10 nitrogen and oxygen atoms in total. The number of phenolic OH excluding ortho intramolecular Hbond substituents is 2. The molecule has 10 heteroatoms. The standard InChI is InChI=1S/C24H30N6O4/c1-15(31)23(33)19(11-17-7-4-3-5-8-17)14-26-30-22-12-21(27-16(2)28-22)29-25-13-18-9-6-10-20(32)24(18)34/h6,9-14,17,31-34H,3-5,7-8H2,1-2H3,(H2,27,28,29,30)/b19-11-,23-15-,25-13+,26-14+. The lowest BCUT2D eigenvalue weighted by Crippen LogP contribution is -2.07. The lowest BCUT2D eigenvalue weighted by Gasteiger charge is -2.19. The van der Waals surface area contributed by atoms with Crippen LogP contribution >= 0.6 is 0 Å². The first kappa shape index (κ1) is 24.6. The zero-order chi connectivity index (χ0) is 24.5. The Morgan fingerprint density at radius 3 is 2.38 bits per heavy atom. The average Bonchev–Trinajstić information content (AvgIpc) is 2.81. The van der Waals surface area contributed by atoms with Gasteiger partial charge in [0.2, 0.25) is 0 Å². The fourth-order valence-electron chi connectivity index (χ4n) is 3.62. The summed E-state index contributed by atoms with van der Waals surface area (Å²) in [4.78, 5) is 8.52. The molecule has 1 heterocycles. The average molecular weight is 467 g/mol. The molecule has 0 saturated heterocycles. The van der Waals surface area contributed by atoms with E-state index < -0.39 is 0 Å². The third-order valence-electron chi connectivity index (χ3n) is 5.33. The second kappa shape index (κ2) is 11.7. The molecular formula is C24H30N6O4. The van der Waals surface area contributed by atoms with Crippen molar-refractivity contribution in [2.45, 2.75) is 46.0 Å². The van der Waals surface area contributed by atoms with Gasteiger partial charge >= 0.3 is 0 Å². The maximum absolute atomic E-state index is 10.3. The predicted molar refractivity (Wildman–Crippen MR) is 132 cm³/mol. The molecule has 1 saturated carbocycles. The number of hydrazone groups is 2. The largest absolute Gasteiger partial charge is 0.509 e. The summed E-state index contributed by atoms with van der Waals surface area (Å²) in [5, 5.41) is 47.6. The number of anilines is 2. The minimum Gasteiger partial charge on any atom is -0.509 e. The number of nitrogens with zero attached hydrogens (tertiary/aromatic N) is 4. The van der Waals surface area contributed by atoms with E-state index in [4.69, 9.17) is 0 Å². The Labute approximate surface area is 198 Å². The van der Waals surface area contributed by atoms with Crippen LogP contribution in [0.25, 0.3) is 0 Å². The topological polar surface area (TPSA) is 155 Å². The van der Waals surface area contributed by atoms with Gasteiger partial charge in [-0.2, -0.15) is 10.2 Å². The van der Waals surface area contributed by atoms with Gasteiger partial charge in [-0.05, 0) is 44.7 Å². The van der Waals surface area contributed by atoms with Gasteiger partial charge in [-0.1, -0.05) is 31.4 Å². The fourth-order valence-corrected chi connectivity index (χ4v) is 3.62. The van der Waals surface area contributed by atoms with Crippen LogP contribution in [0.4, 0.5) is 11.6 Å². The summed E-state index contributed by atoms with van der Waals surface area (Å²) < 4.78 is 0. The van der Waals surface area contributed by atoms with Crippen molar-refractivity contribution in [3.05, 3.63) is 58.8 Å². The summed E-state index contributed by atoms with van der Waals surface area (Å²) in [5.74, 6) is 0.686. The molecule has 0 aliphatic heterocycles. The molecule has 1 aromatic carbocycles. The number of nitrogens with one attached hydrogen (secondary N) is 2. The van der Waals surface area contributed by atoms with Crippen molar-refractivity contribution in [3.8, 4) is 11.5 Å². The molecular weight excluding hydrogens is 436 g/mol. The molecule has 0 amide bonds. The van der Waals surface area contributed by atoms with Crippen LogP contribution in [0.5, 0.6) is 11.5 Å². The molecule has 0 atom stereocenters. The summed E-state index contributed by atoms with van der Waals surface area (Å²) in [5.41, 5.74) is 6.34. The van der Waals surface area contributed by atoms with Crippen molar-refractivity contribution >= 4 is 24.1 Å². The quantitative estimate of drug-likeness (QED) is 0.106. The van der Waals surface area contributed by atoms with Gasteiger partial charge in [-0.3, -0.25) is 10.9 Å². The van der Waals surface area contributed by atoms with Crippen molar-refractivity contribution in [1.29, 1.82) is 0 Å². The Morgan fingerprint density at radius 2 is 1.71 bits per heavy atom. The van der Waals surface area contributed by atoms with E-state index in [2.05, 4.69) is 31.0 Å². The van der Waals surface area contributed by atoms with Crippen LogP contribution < -0.4 is 10.9 Å². The van der Waals surface area contributed by atoms with Crippen LogP contribution in [0.2, 0.25) is 0 Å². The van der Waals surface area contributed by atoms with E-state index in [0.29, 0.717) is 34.5 Å². The van der Waals surface area contributed by atoms with Gasteiger partial charge in [-0.15, -0.1) is 0 Å². The first-order valence-electron chi connectivity index (χ1n) is 11.1. The number of para-hydroxylation sites is 1. The van der Waals surface area contributed by atoms with Crippen LogP contribution in [0, 0.1) is 12.8 Å². The van der Waals surface area contributed by atoms with Gasteiger partial charge in [0.05, 0.1) is 12.4 Å². The van der Waals surface area contributed by atoms with E-state index in [9.17, 15) is 20.4 Å². The number of hydrogen-bond donors (Lipinski definition) is 6. The van der Waals surface area contributed by atoms with Crippen LogP contribution in [-0.4, -0.2) is 42.8 Å². The Kier molecular flexibility index (Phi) is 8.44. The van der Waals surface area contributed by atoms with Gasteiger partial charge in [0.25, 0.3) is 0 Å². The van der Waals surface area contributed by atoms with E-state index in [1.54, 1.807) is 25.1 Å². The van der Waals surface area contributed by atoms with E-state index in [1.807, 2.05) is 6.08 Å². The number of aryl methyl sites for hydroxylation is 1. The van der Waals surface area contributed by atoms with Crippen LogP contribution in [0.1, 0.15) is 50.4 Å². The highest BCUT2D eigenvalue weighted by Crippen LogP contribution is 2.27. The molecule has 2 aromatic rings. The van der Waals surface area contributed by atoms with E-state index in [0.717, 1.165) is 25.7 Å². The smallest absolute Gasteiger partial charge is 0.166 e. The number of rotatable bonds is 8. The number of aliphatic hydroxyl groups excluding tert-OH is 2. The molecule has 3 rings (SSSR count). The number of benzene rings is 1. The van der Waals surface area contributed by atoms with Gasteiger partial charge in [0.1, 0.15) is 11.6 Å². The minimum absolute atomic E-state index is 0.173. The minimum atomic E-state index is -0.267. The molecule has 0 spiro atoms. The number of aromatic hydroxyl groups is 2. The second-order valence-electron chi connectivity index (χ2n) is 8.09. The molecule has 1 aliphatic carbocycles. The van der Waals surface area contributed by atoms with E-state index >= 15 is 0 Å².